The largest absolute Gasteiger partial charge is 0.480 e. The third kappa shape index (κ3) is 8.60. The molecule has 0 aliphatic rings. The van der Waals surface area contributed by atoms with Crippen LogP contribution in [0.4, 0.5) is 0 Å². The van der Waals surface area contributed by atoms with Crippen molar-refractivity contribution >= 4 is 5.97 Å². The highest BCUT2D eigenvalue weighted by atomic mass is 16.5. The first-order valence-electron chi connectivity index (χ1n) is 5.21. The SMILES string of the molecule is COCC(O)CN(CCN(C)C)CC(=O)O. The van der Waals surface area contributed by atoms with E-state index in [9.17, 15) is 9.90 Å². The highest BCUT2D eigenvalue weighted by Crippen LogP contribution is 1.94. The first-order chi connectivity index (χ1) is 7.45. The predicted octanol–water partition coefficient (Wildman–Crippen LogP) is -1.06. The Hall–Kier alpha value is -0.690. The maximum atomic E-state index is 10.6. The number of ether oxygens (including phenoxy) is 1. The van der Waals surface area contributed by atoms with Gasteiger partial charge in [0.1, 0.15) is 0 Å². The molecule has 96 valence electrons. The third-order valence-electron chi connectivity index (χ3n) is 2.05. The standard InChI is InChI=1S/C10H22N2O4/c1-11(2)4-5-12(7-10(14)15)6-9(13)8-16-3/h9,13H,4-8H2,1-3H3,(H,14,15). The molecule has 0 aromatic heterocycles. The lowest BCUT2D eigenvalue weighted by Crippen LogP contribution is -2.41. The minimum atomic E-state index is -0.886. The smallest absolute Gasteiger partial charge is 0.317 e. The molecular weight excluding hydrogens is 212 g/mol. The van der Waals surface area contributed by atoms with E-state index in [0.29, 0.717) is 13.1 Å². The summed E-state index contributed by atoms with van der Waals surface area (Å²) >= 11 is 0. The summed E-state index contributed by atoms with van der Waals surface area (Å²) in [6, 6.07) is 0. The Bertz CT molecular complexity index is 199. The molecule has 0 amide bonds. The van der Waals surface area contributed by atoms with Crippen molar-refractivity contribution in [3.05, 3.63) is 0 Å². The minimum absolute atomic E-state index is 0.0609. The van der Waals surface area contributed by atoms with Gasteiger partial charge >= 0.3 is 5.97 Å². The number of nitrogens with zero attached hydrogens (tertiary/aromatic N) is 2. The fourth-order valence-corrected chi connectivity index (χ4v) is 1.31. The molecule has 0 aromatic rings. The Morgan fingerprint density at radius 3 is 2.44 bits per heavy atom. The lowest BCUT2D eigenvalue weighted by atomic mass is 10.3. The molecule has 0 bridgehead atoms. The quantitative estimate of drug-likeness (QED) is 0.530. The molecule has 1 atom stereocenters. The van der Waals surface area contributed by atoms with Crippen LogP contribution in [0.1, 0.15) is 0 Å². The summed E-state index contributed by atoms with van der Waals surface area (Å²) < 4.78 is 4.80. The number of methoxy groups -OCH3 is 1. The summed E-state index contributed by atoms with van der Waals surface area (Å²) in [6.45, 7) is 1.84. The van der Waals surface area contributed by atoms with E-state index in [2.05, 4.69) is 0 Å². The van der Waals surface area contributed by atoms with Gasteiger partial charge in [0.25, 0.3) is 0 Å². The molecule has 0 aliphatic carbocycles. The number of carbonyl (C=O) groups is 1. The lowest BCUT2D eigenvalue weighted by molar-refractivity contribution is -0.138. The summed E-state index contributed by atoms with van der Waals surface area (Å²) in [5.74, 6) is -0.886. The number of hydrogen-bond donors (Lipinski definition) is 2. The molecule has 0 heterocycles. The van der Waals surface area contributed by atoms with Crippen molar-refractivity contribution in [1.29, 1.82) is 0 Å². The molecule has 2 N–H and O–H groups in total. The van der Waals surface area contributed by atoms with Gasteiger partial charge in [0, 0.05) is 26.7 Å². The van der Waals surface area contributed by atoms with Gasteiger partial charge in [-0.05, 0) is 14.1 Å². The van der Waals surface area contributed by atoms with Crippen LogP contribution in [0.25, 0.3) is 0 Å². The van der Waals surface area contributed by atoms with Crippen molar-refractivity contribution in [2.75, 3.05) is 54.0 Å². The molecule has 16 heavy (non-hydrogen) atoms. The van der Waals surface area contributed by atoms with Crippen molar-refractivity contribution < 1.29 is 19.7 Å². The fraction of sp³-hybridized carbons (Fsp3) is 0.900. The van der Waals surface area contributed by atoms with E-state index in [0.717, 1.165) is 6.54 Å². The average Bonchev–Trinajstić information content (AvgIpc) is 2.13. The molecule has 0 aliphatic heterocycles. The second-order valence-corrected chi connectivity index (χ2v) is 4.04. The normalized spacial score (nSPS) is 13.4. The number of hydrogen-bond acceptors (Lipinski definition) is 5. The second-order valence-electron chi connectivity index (χ2n) is 4.04. The number of aliphatic hydroxyl groups is 1. The molecule has 1 unspecified atom stereocenters. The molecule has 6 nitrogen and oxygen atoms in total. The van der Waals surface area contributed by atoms with E-state index in [4.69, 9.17) is 9.84 Å². The van der Waals surface area contributed by atoms with E-state index in [1.54, 1.807) is 4.90 Å². The first-order valence-corrected chi connectivity index (χ1v) is 5.21. The summed E-state index contributed by atoms with van der Waals surface area (Å²) in [4.78, 5) is 14.3. The molecule has 0 saturated carbocycles. The van der Waals surface area contributed by atoms with Gasteiger partial charge in [-0.1, -0.05) is 0 Å². The van der Waals surface area contributed by atoms with Gasteiger partial charge in [-0.15, -0.1) is 0 Å². The maximum absolute atomic E-state index is 10.6. The van der Waals surface area contributed by atoms with Gasteiger partial charge in [-0.2, -0.15) is 0 Å². The Labute approximate surface area is 96.4 Å². The van der Waals surface area contributed by atoms with Crippen LogP contribution in [0.3, 0.4) is 0 Å². The van der Waals surface area contributed by atoms with Crippen LogP contribution in [-0.2, 0) is 9.53 Å². The lowest BCUT2D eigenvalue weighted by Gasteiger charge is -2.24. The topological polar surface area (TPSA) is 73.2 Å². The van der Waals surface area contributed by atoms with Gasteiger partial charge in [-0.3, -0.25) is 9.69 Å². The zero-order valence-electron chi connectivity index (χ0n) is 10.2. The monoisotopic (exact) mass is 234 g/mol. The number of aliphatic carboxylic acids is 1. The number of aliphatic hydroxyl groups excluding tert-OH is 1. The van der Waals surface area contributed by atoms with Crippen LogP contribution in [0.2, 0.25) is 0 Å². The summed E-state index contributed by atoms with van der Waals surface area (Å²) in [5, 5.41) is 18.2. The van der Waals surface area contributed by atoms with Gasteiger partial charge in [0.05, 0.1) is 19.3 Å². The molecule has 6 heteroatoms. The Balaban J connectivity index is 4.03. The van der Waals surface area contributed by atoms with Gasteiger partial charge in [-0.25, -0.2) is 0 Å². The first kappa shape index (κ1) is 15.3. The van der Waals surface area contributed by atoms with Crippen LogP contribution >= 0.6 is 0 Å². The van der Waals surface area contributed by atoms with Crippen molar-refractivity contribution in [1.82, 2.24) is 9.80 Å². The van der Waals surface area contributed by atoms with E-state index < -0.39 is 12.1 Å². The maximum Gasteiger partial charge on any atom is 0.317 e. The average molecular weight is 234 g/mol. The highest BCUT2D eigenvalue weighted by molar-refractivity contribution is 5.69. The van der Waals surface area contributed by atoms with E-state index in [1.807, 2.05) is 19.0 Å². The van der Waals surface area contributed by atoms with Crippen LogP contribution in [0.15, 0.2) is 0 Å². The molecule has 0 fully saturated rings. The van der Waals surface area contributed by atoms with Gasteiger partial charge in [0.15, 0.2) is 0 Å². The van der Waals surface area contributed by atoms with E-state index in [-0.39, 0.29) is 13.2 Å². The number of likely N-dealkylation sites (N-methyl/N-ethyl adjacent to an activating group) is 1. The molecular formula is C10H22N2O4. The van der Waals surface area contributed by atoms with Crippen molar-refractivity contribution in [3.8, 4) is 0 Å². The number of carboxylic acids is 1. The summed E-state index contributed by atoms with van der Waals surface area (Å²) in [6.07, 6.45) is -0.647. The Kier molecular flexibility index (Phi) is 8.10. The van der Waals surface area contributed by atoms with Gasteiger partial charge in [0.2, 0.25) is 0 Å². The van der Waals surface area contributed by atoms with Crippen molar-refractivity contribution in [2.24, 2.45) is 0 Å². The van der Waals surface area contributed by atoms with Crippen molar-refractivity contribution in [3.63, 3.8) is 0 Å². The Morgan fingerprint density at radius 1 is 1.38 bits per heavy atom. The molecule has 0 rings (SSSR count). The summed E-state index contributed by atoms with van der Waals surface area (Å²) in [7, 11) is 5.35. The molecule has 0 aromatic carbocycles. The minimum Gasteiger partial charge on any atom is -0.480 e. The zero-order chi connectivity index (χ0) is 12.6. The Morgan fingerprint density at radius 2 is 2.00 bits per heavy atom. The fourth-order valence-electron chi connectivity index (χ4n) is 1.31. The zero-order valence-corrected chi connectivity index (χ0v) is 10.2. The van der Waals surface area contributed by atoms with E-state index in [1.165, 1.54) is 7.11 Å². The van der Waals surface area contributed by atoms with Crippen LogP contribution in [0, 0.1) is 0 Å². The third-order valence-corrected chi connectivity index (χ3v) is 2.05. The molecule has 0 saturated heterocycles. The van der Waals surface area contributed by atoms with Crippen LogP contribution in [-0.4, -0.2) is 86.1 Å². The molecule has 0 radical (unpaired) electrons. The van der Waals surface area contributed by atoms with Crippen LogP contribution in [0.5, 0.6) is 0 Å². The number of carboxylic acid groups (broad SMARTS) is 1. The van der Waals surface area contributed by atoms with Crippen LogP contribution < -0.4 is 0 Å². The van der Waals surface area contributed by atoms with E-state index >= 15 is 0 Å². The van der Waals surface area contributed by atoms with Crippen molar-refractivity contribution in [2.45, 2.75) is 6.10 Å². The summed E-state index contributed by atoms with van der Waals surface area (Å²) in [5.41, 5.74) is 0. The number of rotatable bonds is 9. The second kappa shape index (κ2) is 8.46. The molecule has 0 spiro atoms. The predicted molar refractivity (Wildman–Crippen MR) is 60.5 cm³/mol. The highest BCUT2D eigenvalue weighted by Gasteiger charge is 2.14. The van der Waals surface area contributed by atoms with Gasteiger partial charge < -0.3 is 19.8 Å².